The van der Waals surface area contributed by atoms with Gasteiger partial charge >= 0.3 is 5.97 Å². The van der Waals surface area contributed by atoms with Crippen molar-refractivity contribution in [2.45, 2.75) is 13.5 Å². The van der Waals surface area contributed by atoms with Gasteiger partial charge in [-0.15, -0.1) is 0 Å². The number of nitrogens with zero attached hydrogens (tertiary/aromatic N) is 4. The Morgan fingerprint density at radius 1 is 1.53 bits per heavy atom. The van der Waals surface area contributed by atoms with E-state index in [1.807, 2.05) is 0 Å². The van der Waals surface area contributed by atoms with Crippen molar-refractivity contribution in [2.24, 2.45) is 0 Å². The fourth-order valence-electron chi connectivity index (χ4n) is 1.38. The lowest BCUT2D eigenvalue weighted by Gasteiger charge is -2.06. The van der Waals surface area contributed by atoms with E-state index in [4.69, 9.17) is 16.7 Å². The van der Waals surface area contributed by atoms with Gasteiger partial charge in [0.05, 0.1) is 29.2 Å². The van der Waals surface area contributed by atoms with E-state index >= 15 is 0 Å². The first-order valence-corrected chi connectivity index (χ1v) is 5.17. The topological polar surface area (TPSA) is 80.9 Å². The fourth-order valence-corrected chi connectivity index (χ4v) is 1.53. The standard InChI is InChI=1S/C10H9ClN4O2/c1-6-8(11)3-14-15(6)4-9-7(10(16)17)2-12-5-13-9/h2-3,5H,4H2,1H3,(H,16,17). The molecule has 0 atom stereocenters. The third-order valence-corrected chi connectivity index (χ3v) is 2.74. The van der Waals surface area contributed by atoms with Crippen molar-refractivity contribution in [3.05, 3.63) is 40.7 Å². The molecule has 7 heteroatoms. The van der Waals surface area contributed by atoms with Gasteiger partial charge in [0.2, 0.25) is 0 Å². The minimum atomic E-state index is -1.06. The summed E-state index contributed by atoms with van der Waals surface area (Å²) in [7, 11) is 0. The number of rotatable bonds is 3. The first kappa shape index (κ1) is 11.5. The quantitative estimate of drug-likeness (QED) is 0.893. The molecule has 0 radical (unpaired) electrons. The normalized spacial score (nSPS) is 10.5. The van der Waals surface area contributed by atoms with Crippen molar-refractivity contribution < 1.29 is 9.90 Å². The molecule has 2 aromatic rings. The molecule has 0 spiro atoms. The predicted octanol–water partition coefficient (Wildman–Crippen LogP) is 1.38. The molecule has 0 unspecified atom stereocenters. The smallest absolute Gasteiger partial charge is 0.339 e. The van der Waals surface area contributed by atoms with E-state index in [1.54, 1.807) is 11.6 Å². The maximum Gasteiger partial charge on any atom is 0.339 e. The summed E-state index contributed by atoms with van der Waals surface area (Å²) in [5, 5.41) is 13.6. The second kappa shape index (κ2) is 4.50. The molecule has 0 amide bonds. The van der Waals surface area contributed by atoms with Gasteiger partial charge < -0.3 is 5.11 Å². The zero-order valence-electron chi connectivity index (χ0n) is 8.96. The van der Waals surface area contributed by atoms with Gasteiger partial charge in [-0.3, -0.25) is 4.68 Å². The predicted molar refractivity (Wildman–Crippen MR) is 60.1 cm³/mol. The third kappa shape index (κ3) is 2.26. The van der Waals surface area contributed by atoms with Crippen molar-refractivity contribution in [1.29, 1.82) is 0 Å². The Morgan fingerprint density at radius 3 is 2.88 bits per heavy atom. The zero-order valence-corrected chi connectivity index (χ0v) is 9.72. The van der Waals surface area contributed by atoms with E-state index in [9.17, 15) is 4.79 Å². The molecule has 0 saturated heterocycles. The minimum Gasteiger partial charge on any atom is -0.478 e. The molecule has 0 aromatic carbocycles. The van der Waals surface area contributed by atoms with Crippen molar-refractivity contribution in [3.63, 3.8) is 0 Å². The average molecular weight is 253 g/mol. The van der Waals surface area contributed by atoms with Gasteiger partial charge in [0.1, 0.15) is 11.9 Å². The summed E-state index contributed by atoms with van der Waals surface area (Å²) < 4.78 is 1.59. The highest BCUT2D eigenvalue weighted by Crippen LogP contribution is 2.15. The van der Waals surface area contributed by atoms with Gasteiger partial charge in [-0.25, -0.2) is 14.8 Å². The Labute approximate surface area is 102 Å². The zero-order chi connectivity index (χ0) is 12.4. The maximum atomic E-state index is 11.0. The van der Waals surface area contributed by atoms with E-state index < -0.39 is 5.97 Å². The molecule has 0 bridgehead atoms. The van der Waals surface area contributed by atoms with Gasteiger partial charge in [-0.2, -0.15) is 5.10 Å². The Kier molecular flexibility index (Phi) is 3.06. The van der Waals surface area contributed by atoms with Crippen LogP contribution in [0, 0.1) is 6.92 Å². The number of halogens is 1. The number of aromatic carboxylic acids is 1. The molecular weight excluding hydrogens is 244 g/mol. The summed E-state index contributed by atoms with van der Waals surface area (Å²) in [6.45, 7) is 2.06. The van der Waals surface area contributed by atoms with Crippen molar-refractivity contribution in [1.82, 2.24) is 19.7 Å². The van der Waals surface area contributed by atoms with Crippen LogP contribution >= 0.6 is 11.6 Å². The number of aromatic nitrogens is 4. The first-order chi connectivity index (χ1) is 8.09. The number of hydrogen-bond donors (Lipinski definition) is 1. The molecule has 1 N–H and O–H groups in total. The Morgan fingerprint density at radius 2 is 2.29 bits per heavy atom. The van der Waals surface area contributed by atoms with Crippen LogP contribution in [0.1, 0.15) is 21.7 Å². The second-order valence-electron chi connectivity index (χ2n) is 3.42. The van der Waals surface area contributed by atoms with Crippen LogP contribution in [-0.4, -0.2) is 30.8 Å². The minimum absolute atomic E-state index is 0.0681. The molecule has 17 heavy (non-hydrogen) atoms. The summed E-state index contributed by atoms with van der Waals surface area (Å²) in [5.74, 6) is -1.06. The van der Waals surface area contributed by atoms with Crippen molar-refractivity contribution >= 4 is 17.6 Å². The molecular formula is C10H9ClN4O2. The molecule has 0 aliphatic heterocycles. The highest BCUT2D eigenvalue weighted by molar-refractivity contribution is 6.31. The van der Waals surface area contributed by atoms with Crippen molar-refractivity contribution in [2.75, 3.05) is 0 Å². The van der Waals surface area contributed by atoms with E-state index in [2.05, 4.69) is 15.1 Å². The van der Waals surface area contributed by atoms with Crippen LogP contribution in [0.5, 0.6) is 0 Å². The summed E-state index contributed by atoms with van der Waals surface area (Å²) in [6.07, 6.45) is 4.09. The lowest BCUT2D eigenvalue weighted by molar-refractivity contribution is 0.0694. The molecule has 2 rings (SSSR count). The maximum absolute atomic E-state index is 11.0. The van der Waals surface area contributed by atoms with Crippen molar-refractivity contribution in [3.8, 4) is 0 Å². The SMILES string of the molecule is Cc1c(Cl)cnn1Cc1ncncc1C(=O)O. The summed E-state index contributed by atoms with van der Waals surface area (Å²) in [4.78, 5) is 18.6. The second-order valence-corrected chi connectivity index (χ2v) is 3.83. The molecule has 2 heterocycles. The van der Waals surface area contributed by atoms with E-state index in [0.29, 0.717) is 10.7 Å². The number of carboxylic acid groups (broad SMARTS) is 1. The van der Waals surface area contributed by atoms with Crippen LogP contribution in [0.25, 0.3) is 0 Å². The lowest BCUT2D eigenvalue weighted by atomic mass is 10.2. The highest BCUT2D eigenvalue weighted by atomic mass is 35.5. The molecule has 0 saturated carbocycles. The molecule has 0 aliphatic carbocycles. The molecule has 0 fully saturated rings. The number of carbonyl (C=O) groups is 1. The summed E-state index contributed by atoms with van der Waals surface area (Å²) in [5.41, 5.74) is 1.23. The van der Waals surface area contributed by atoms with Crippen LogP contribution in [0.15, 0.2) is 18.7 Å². The van der Waals surface area contributed by atoms with Crippen LogP contribution in [-0.2, 0) is 6.54 Å². The van der Waals surface area contributed by atoms with Crippen LogP contribution in [0.2, 0.25) is 5.02 Å². The van der Waals surface area contributed by atoms with Gasteiger partial charge in [-0.05, 0) is 6.92 Å². The summed E-state index contributed by atoms with van der Waals surface area (Å²) >= 11 is 5.87. The molecule has 88 valence electrons. The molecule has 0 aliphatic rings. The summed E-state index contributed by atoms with van der Waals surface area (Å²) in [6, 6.07) is 0. The van der Waals surface area contributed by atoms with Crippen LogP contribution < -0.4 is 0 Å². The lowest BCUT2D eigenvalue weighted by Crippen LogP contribution is -2.11. The Balaban J connectivity index is 2.36. The Hall–Kier alpha value is -1.95. The first-order valence-electron chi connectivity index (χ1n) is 4.79. The highest BCUT2D eigenvalue weighted by Gasteiger charge is 2.13. The molecule has 6 nitrogen and oxygen atoms in total. The number of carboxylic acids is 1. The Bertz CT molecular complexity index is 567. The van der Waals surface area contributed by atoms with Gasteiger partial charge in [0.25, 0.3) is 0 Å². The average Bonchev–Trinajstić information content (AvgIpc) is 2.61. The van der Waals surface area contributed by atoms with E-state index in [0.717, 1.165) is 5.69 Å². The monoisotopic (exact) mass is 252 g/mol. The van der Waals surface area contributed by atoms with Gasteiger partial charge in [-0.1, -0.05) is 11.6 Å². The van der Waals surface area contributed by atoms with E-state index in [-0.39, 0.29) is 12.1 Å². The molecule has 2 aromatic heterocycles. The number of hydrogen-bond acceptors (Lipinski definition) is 4. The largest absolute Gasteiger partial charge is 0.478 e. The van der Waals surface area contributed by atoms with E-state index in [1.165, 1.54) is 18.7 Å². The van der Waals surface area contributed by atoms with Crippen LogP contribution in [0.4, 0.5) is 0 Å². The fraction of sp³-hybridized carbons (Fsp3) is 0.200. The van der Waals surface area contributed by atoms with Gasteiger partial charge in [0.15, 0.2) is 0 Å². The van der Waals surface area contributed by atoms with Crippen LogP contribution in [0.3, 0.4) is 0 Å². The third-order valence-electron chi connectivity index (χ3n) is 2.37. The van der Waals surface area contributed by atoms with Gasteiger partial charge in [0, 0.05) is 6.20 Å².